The van der Waals surface area contributed by atoms with Crippen molar-refractivity contribution in [1.29, 1.82) is 0 Å². The Hall–Kier alpha value is -3.51. The number of aryl methyl sites for hydroxylation is 1. The number of nitrogens with two attached hydrogens (primary N) is 1. The summed E-state index contributed by atoms with van der Waals surface area (Å²) in [6.45, 7) is 0. The van der Waals surface area contributed by atoms with Gasteiger partial charge in [-0.1, -0.05) is 53.6 Å². The summed E-state index contributed by atoms with van der Waals surface area (Å²) in [5.74, 6) is -3.37. The highest BCUT2D eigenvalue weighted by Gasteiger charge is 2.39. The van der Waals surface area contributed by atoms with Gasteiger partial charge in [-0.05, 0) is 59.7 Å². The molecule has 0 saturated heterocycles. The van der Waals surface area contributed by atoms with Crippen LogP contribution in [-0.2, 0) is 11.2 Å². The lowest BCUT2D eigenvalue weighted by Gasteiger charge is -2.27. The zero-order valence-electron chi connectivity index (χ0n) is 21.0. The van der Waals surface area contributed by atoms with Gasteiger partial charge in [-0.2, -0.15) is 31.3 Å². The predicted molar refractivity (Wildman–Crippen MR) is 143 cm³/mol. The number of halogens is 8. The van der Waals surface area contributed by atoms with Gasteiger partial charge in [0.25, 0.3) is 0 Å². The summed E-state index contributed by atoms with van der Waals surface area (Å²) < 4.78 is 81.3. The van der Waals surface area contributed by atoms with Gasteiger partial charge in [-0.25, -0.2) is 4.79 Å². The lowest BCUT2D eigenvalue weighted by Crippen LogP contribution is -2.33. The molecule has 0 fully saturated rings. The van der Waals surface area contributed by atoms with Crippen molar-refractivity contribution >= 4 is 41.0 Å². The first kappa shape index (κ1) is 30.4. The molecule has 14 heteroatoms. The summed E-state index contributed by atoms with van der Waals surface area (Å²) >= 11 is 12.4. The number of allylic oxidation sites excluding steroid dienone is 1. The lowest BCUT2D eigenvalue weighted by atomic mass is 9.86. The maximum atomic E-state index is 14.2. The van der Waals surface area contributed by atoms with Gasteiger partial charge in [0.15, 0.2) is 0 Å². The van der Waals surface area contributed by atoms with E-state index in [4.69, 9.17) is 28.9 Å². The van der Waals surface area contributed by atoms with Crippen LogP contribution < -0.4 is 16.7 Å². The zero-order chi connectivity index (χ0) is 30.1. The first-order valence-corrected chi connectivity index (χ1v) is 13.0. The van der Waals surface area contributed by atoms with Crippen LogP contribution >= 0.6 is 23.2 Å². The maximum Gasteiger partial charge on any atom is 0.399 e. The molecule has 0 bridgehead atoms. The summed E-state index contributed by atoms with van der Waals surface area (Å²) in [5, 5.41) is 2.03. The van der Waals surface area contributed by atoms with E-state index < -0.39 is 42.3 Å². The number of nitrogens with one attached hydrogen (secondary N) is 1. The number of carbonyl (C=O) groups excluding carboxylic acids is 1. The second kappa shape index (κ2) is 11.8. The van der Waals surface area contributed by atoms with Gasteiger partial charge in [0, 0.05) is 6.20 Å². The Morgan fingerprint density at radius 2 is 1.88 bits per heavy atom. The zero-order valence-corrected chi connectivity index (χ0v) is 22.5. The highest BCUT2D eigenvalue weighted by Crippen LogP contribution is 2.41. The molecule has 1 aromatic heterocycles. The number of amides is 1. The van der Waals surface area contributed by atoms with Crippen LogP contribution in [0.2, 0.25) is 10.0 Å². The number of nitrogens with zero attached hydrogens (tertiary/aromatic N) is 2. The Labute approximate surface area is 239 Å². The molecule has 2 atom stereocenters. The molecule has 6 nitrogen and oxygen atoms in total. The fourth-order valence-corrected chi connectivity index (χ4v) is 5.10. The molecule has 1 amide bonds. The topological polar surface area (TPSA) is 90.0 Å². The largest absolute Gasteiger partial charge is 0.399 e. The molecule has 41 heavy (non-hydrogen) atoms. The number of hydrogen-bond donors (Lipinski definition) is 2. The predicted octanol–water partition coefficient (Wildman–Crippen LogP) is 6.93. The fraction of sp³-hybridized carbons (Fsp3) is 0.296. The highest BCUT2D eigenvalue weighted by atomic mass is 35.5. The minimum Gasteiger partial charge on any atom is -0.383 e. The summed E-state index contributed by atoms with van der Waals surface area (Å²) in [6, 6.07) is 7.56. The molecule has 1 heterocycles. The number of nitrogen functional groups attached to an aromatic ring is 1. The van der Waals surface area contributed by atoms with Gasteiger partial charge in [0.05, 0.1) is 27.7 Å². The van der Waals surface area contributed by atoms with Crippen molar-refractivity contribution in [2.24, 2.45) is 0 Å². The number of carbonyl (C=O) groups is 1. The smallest absolute Gasteiger partial charge is 0.383 e. The van der Waals surface area contributed by atoms with E-state index in [0.29, 0.717) is 36.0 Å². The number of alkyl halides is 6. The molecule has 1 aliphatic carbocycles. The monoisotopic (exact) mass is 618 g/mol. The Morgan fingerprint density at radius 3 is 2.54 bits per heavy atom. The van der Waals surface area contributed by atoms with Crippen LogP contribution in [0.15, 0.2) is 53.5 Å². The van der Waals surface area contributed by atoms with Crippen LogP contribution in [0.3, 0.4) is 0 Å². The van der Waals surface area contributed by atoms with Gasteiger partial charge in [-0.15, -0.1) is 0 Å². The third-order valence-electron chi connectivity index (χ3n) is 6.49. The van der Waals surface area contributed by atoms with Crippen molar-refractivity contribution in [2.75, 3.05) is 5.73 Å². The van der Waals surface area contributed by atoms with Crippen LogP contribution in [-0.4, -0.2) is 27.8 Å². The van der Waals surface area contributed by atoms with Crippen molar-refractivity contribution in [3.63, 3.8) is 0 Å². The van der Waals surface area contributed by atoms with E-state index in [1.165, 1.54) is 24.4 Å². The molecule has 2 aromatic carbocycles. The standard InChI is InChI=1S/C27H22Cl2F6N4O2/c28-19-11-16(12-21(24(19)29)39-9-8-22(36)38-25(39)41)18(27(33,34)35)7-5-14-4-6-17-15(10-14)2-1-3-20(17)37-23(40)13-26(30,31)32/h4-12,18,20H,1-3,13H2,(H,37,40)(H2,36,38,41)/b7-5+. The number of fused-ring (bicyclic) bond motifs is 1. The second-order valence-electron chi connectivity index (χ2n) is 9.48. The van der Waals surface area contributed by atoms with Crippen LogP contribution in [0, 0.1) is 0 Å². The first-order chi connectivity index (χ1) is 19.1. The van der Waals surface area contributed by atoms with E-state index in [9.17, 15) is 35.9 Å². The molecule has 3 aromatic rings. The maximum absolute atomic E-state index is 14.2. The third kappa shape index (κ3) is 7.42. The van der Waals surface area contributed by atoms with Crippen molar-refractivity contribution in [2.45, 2.75) is 50.0 Å². The number of anilines is 1. The third-order valence-corrected chi connectivity index (χ3v) is 7.28. The number of hydrogen-bond acceptors (Lipinski definition) is 4. The van der Waals surface area contributed by atoms with E-state index in [2.05, 4.69) is 10.3 Å². The number of rotatable bonds is 6. The molecule has 4 rings (SSSR count). The van der Waals surface area contributed by atoms with Crippen LogP contribution in [0.4, 0.5) is 32.2 Å². The normalized spacial score (nSPS) is 16.4. The Bertz CT molecular complexity index is 1550. The molecule has 218 valence electrons. The molecule has 0 radical (unpaired) electrons. The molecular weight excluding hydrogens is 597 g/mol. The number of aromatic nitrogens is 2. The minimum atomic E-state index is -4.75. The van der Waals surface area contributed by atoms with Crippen molar-refractivity contribution in [1.82, 2.24) is 14.9 Å². The van der Waals surface area contributed by atoms with Crippen LogP contribution in [0.5, 0.6) is 0 Å². The molecular formula is C27H22Cl2F6N4O2. The quantitative estimate of drug-likeness (QED) is 0.293. The number of benzene rings is 2. The molecule has 1 aliphatic rings. The second-order valence-corrected chi connectivity index (χ2v) is 10.3. The highest BCUT2D eigenvalue weighted by molar-refractivity contribution is 6.43. The van der Waals surface area contributed by atoms with Crippen molar-refractivity contribution in [3.05, 3.63) is 91.5 Å². The minimum absolute atomic E-state index is 0.0826. The van der Waals surface area contributed by atoms with Crippen LogP contribution in [0.25, 0.3) is 11.8 Å². The van der Waals surface area contributed by atoms with Crippen LogP contribution in [0.1, 0.15) is 53.5 Å². The summed E-state index contributed by atoms with van der Waals surface area (Å²) in [5.41, 5.74) is 5.99. The van der Waals surface area contributed by atoms with Crippen molar-refractivity contribution < 1.29 is 31.1 Å². The van der Waals surface area contributed by atoms with Gasteiger partial charge in [0.2, 0.25) is 5.91 Å². The fourth-order valence-electron chi connectivity index (χ4n) is 4.68. The van der Waals surface area contributed by atoms with Gasteiger partial charge >= 0.3 is 18.0 Å². The average molecular weight is 619 g/mol. The summed E-state index contributed by atoms with van der Waals surface area (Å²) in [4.78, 5) is 27.7. The molecule has 3 N–H and O–H groups in total. The Kier molecular flexibility index (Phi) is 8.74. The molecule has 0 saturated carbocycles. The summed E-state index contributed by atoms with van der Waals surface area (Å²) in [7, 11) is 0. The van der Waals surface area contributed by atoms with E-state index in [1.807, 2.05) is 0 Å². The lowest BCUT2D eigenvalue weighted by molar-refractivity contribution is -0.154. The Morgan fingerprint density at radius 1 is 1.15 bits per heavy atom. The first-order valence-electron chi connectivity index (χ1n) is 12.2. The molecule has 2 unspecified atom stereocenters. The van der Waals surface area contributed by atoms with E-state index in [0.717, 1.165) is 22.8 Å². The average Bonchev–Trinajstić information content (AvgIpc) is 2.84. The Balaban J connectivity index is 1.64. The van der Waals surface area contributed by atoms with E-state index in [1.54, 1.807) is 12.1 Å². The van der Waals surface area contributed by atoms with Crippen molar-refractivity contribution in [3.8, 4) is 5.69 Å². The van der Waals surface area contributed by atoms with Gasteiger partial charge < -0.3 is 11.1 Å². The van der Waals surface area contributed by atoms with Gasteiger partial charge in [-0.3, -0.25) is 9.36 Å². The van der Waals surface area contributed by atoms with E-state index >= 15 is 0 Å². The van der Waals surface area contributed by atoms with E-state index in [-0.39, 0.29) is 27.1 Å². The summed E-state index contributed by atoms with van der Waals surface area (Å²) in [6.07, 6.45) is -6.01. The van der Waals surface area contributed by atoms with Gasteiger partial charge in [0.1, 0.15) is 12.2 Å². The molecule has 0 aliphatic heterocycles. The molecule has 0 spiro atoms. The SMILES string of the molecule is Nc1ccn(-c2cc(C(/C=C/c3ccc4c(c3)CCCC4NC(=O)CC(F)(F)F)C(F)(F)F)cc(Cl)c2Cl)c(=O)n1.